The molecule has 0 aromatic heterocycles. The Morgan fingerprint density at radius 3 is 2.12 bits per heavy atom. The van der Waals surface area contributed by atoms with Gasteiger partial charge >= 0.3 is 5.97 Å². The van der Waals surface area contributed by atoms with Crippen LogP contribution in [0.5, 0.6) is 0 Å². The van der Waals surface area contributed by atoms with E-state index < -0.39 is 31.9 Å². The molecule has 0 saturated carbocycles. The Balaban J connectivity index is 2.25. The van der Waals surface area contributed by atoms with E-state index in [2.05, 4.69) is 4.72 Å². The molecule has 25 heavy (non-hydrogen) atoms. The van der Waals surface area contributed by atoms with Crippen molar-refractivity contribution in [3.8, 4) is 0 Å². The Morgan fingerprint density at radius 1 is 1.00 bits per heavy atom. The first-order valence-corrected chi connectivity index (χ1v) is 10.5. The lowest BCUT2D eigenvalue weighted by molar-refractivity contribution is 0.0696. The summed E-state index contributed by atoms with van der Waals surface area (Å²) in [6.45, 7) is 1.61. The number of rotatable bonds is 6. The highest BCUT2D eigenvalue weighted by Gasteiger charge is 2.20. The van der Waals surface area contributed by atoms with E-state index >= 15 is 0 Å². The van der Waals surface area contributed by atoms with Crippen LogP contribution in [-0.4, -0.2) is 34.2 Å². The molecule has 0 unspecified atom stereocenters. The van der Waals surface area contributed by atoms with Gasteiger partial charge in [0.25, 0.3) is 0 Å². The Hall–Kier alpha value is -2.23. The highest BCUT2D eigenvalue weighted by molar-refractivity contribution is 7.90. The number of carboxylic acid groups (broad SMARTS) is 1. The SMILES string of the molecule is C[C@@H](NS(=O)(=O)c1cccc(C(=O)O)c1)c1ccc(S(C)(=O)=O)cc1. The number of benzene rings is 2. The van der Waals surface area contributed by atoms with Gasteiger partial charge < -0.3 is 5.11 Å². The van der Waals surface area contributed by atoms with Crippen LogP contribution in [0, 0.1) is 0 Å². The highest BCUT2D eigenvalue weighted by Crippen LogP contribution is 2.19. The van der Waals surface area contributed by atoms with Crippen LogP contribution < -0.4 is 4.72 Å². The maximum absolute atomic E-state index is 12.4. The van der Waals surface area contributed by atoms with Gasteiger partial charge in [-0.05, 0) is 42.8 Å². The second kappa shape index (κ2) is 6.95. The fraction of sp³-hybridized carbons (Fsp3) is 0.188. The molecular weight excluding hydrogens is 366 g/mol. The zero-order chi connectivity index (χ0) is 18.8. The molecule has 7 nitrogen and oxygen atoms in total. The summed E-state index contributed by atoms with van der Waals surface area (Å²) < 4.78 is 50.2. The van der Waals surface area contributed by atoms with Gasteiger partial charge in [0.2, 0.25) is 10.0 Å². The molecule has 0 heterocycles. The van der Waals surface area contributed by atoms with Gasteiger partial charge in [-0.1, -0.05) is 18.2 Å². The van der Waals surface area contributed by atoms with Crippen LogP contribution in [0.15, 0.2) is 58.3 Å². The van der Waals surface area contributed by atoms with Crippen molar-refractivity contribution >= 4 is 25.8 Å². The lowest BCUT2D eigenvalue weighted by Crippen LogP contribution is -2.27. The van der Waals surface area contributed by atoms with E-state index in [1.165, 1.54) is 42.5 Å². The van der Waals surface area contributed by atoms with Gasteiger partial charge in [-0.15, -0.1) is 0 Å². The molecule has 0 aliphatic rings. The lowest BCUT2D eigenvalue weighted by Gasteiger charge is -2.15. The van der Waals surface area contributed by atoms with Crippen molar-refractivity contribution in [3.05, 3.63) is 59.7 Å². The third-order valence-electron chi connectivity index (χ3n) is 3.53. The van der Waals surface area contributed by atoms with Crippen LogP contribution >= 0.6 is 0 Å². The second-order valence-corrected chi connectivity index (χ2v) is 9.25. The molecule has 0 aliphatic carbocycles. The van der Waals surface area contributed by atoms with Gasteiger partial charge in [0.1, 0.15) is 0 Å². The van der Waals surface area contributed by atoms with Crippen molar-refractivity contribution in [1.29, 1.82) is 0 Å². The molecule has 0 fully saturated rings. The van der Waals surface area contributed by atoms with Gasteiger partial charge in [0.15, 0.2) is 9.84 Å². The van der Waals surface area contributed by atoms with Gasteiger partial charge in [-0.2, -0.15) is 0 Å². The van der Waals surface area contributed by atoms with Crippen molar-refractivity contribution in [3.63, 3.8) is 0 Å². The van der Waals surface area contributed by atoms with Crippen molar-refractivity contribution < 1.29 is 26.7 Å². The normalized spacial score (nSPS) is 13.4. The van der Waals surface area contributed by atoms with Crippen LogP contribution in [0.25, 0.3) is 0 Å². The largest absolute Gasteiger partial charge is 0.478 e. The fourth-order valence-corrected chi connectivity index (χ4v) is 4.08. The number of carboxylic acids is 1. The molecule has 0 aliphatic heterocycles. The maximum atomic E-state index is 12.4. The first-order chi connectivity index (χ1) is 11.5. The maximum Gasteiger partial charge on any atom is 0.335 e. The monoisotopic (exact) mass is 383 g/mol. The molecule has 2 aromatic carbocycles. The first kappa shape index (κ1) is 19.1. The van der Waals surface area contributed by atoms with Crippen LogP contribution in [-0.2, 0) is 19.9 Å². The number of carbonyl (C=O) groups is 1. The molecule has 0 saturated heterocycles. The minimum absolute atomic E-state index is 0.131. The Bertz CT molecular complexity index is 995. The smallest absolute Gasteiger partial charge is 0.335 e. The molecule has 0 spiro atoms. The topological polar surface area (TPSA) is 118 Å². The number of hydrogen-bond donors (Lipinski definition) is 2. The third kappa shape index (κ3) is 4.65. The zero-order valence-corrected chi connectivity index (χ0v) is 15.1. The van der Waals surface area contributed by atoms with E-state index in [0.717, 1.165) is 12.3 Å². The quantitative estimate of drug-likeness (QED) is 0.786. The Kier molecular flexibility index (Phi) is 5.31. The molecule has 1 atom stereocenters. The molecule has 2 aromatic rings. The van der Waals surface area contributed by atoms with Crippen LogP contribution in [0.3, 0.4) is 0 Å². The predicted octanol–water partition coefficient (Wildman–Crippen LogP) is 1.83. The van der Waals surface area contributed by atoms with Gasteiger partial charge in [0.05, 0.1) is 15.4 Å². The Labute approximate surface area is 146 Å². The minimum Gasteiger partial charge on any atom is -0.478 e. The van der Waals surface area contributed by atoms with Crippen molar-refractivity contribution in [2.45, 2.75) is 22.8 Å². The number of nitrogens with one attached hydrogen (secondary N) is 1. The summed E-state index contributed by atoms with van der Waals surface area (Å²) in [7, 11) is -7.26. The van der Waals surface area contributed by atoms with Gasteiger partial charge in [-0.25, -0.2) is 26.4 Å². The van der Waals surface area contributed by atoms with Crippen LogP contribution in [0.1, 0.15) is 28.9 Å². The van der Waals surface area contributed by atoms with E-state index in [4.69, 9.17) is 5.11 Å². The summed E-state index contributed by atoms with van der Waals surface area (Å²) in [4.78, 5) is 11.0. The third-order valence-corrected chi connectivity index (χ3v) is 6.20. The number of aromatic carboxylic acids is 1. The van der Waals surface area contributed by atoms with Crippen molar-refractivity contribution in [2.75, 3.05) is 6.26 Å². The number of sulfonamides is 1. The molecule has 0 radical (unpaired) electrons. The standard InChI is InChI=1S/C16H17NO6S2/c1-11(12-6-8-14(9-7-12)24(2,20)21)17-25(22,23)15-5-3-4-13(10-15)16(18)19/h3-11,17H,1-2H3,(H,18,19)/t11-/m1/s1. The van der Waals surface area contributed by atoms with Gasteiger partial charge in [-0.3, -0.25) is 0 Å². The summed E-state index contributed by atoms with van der Waals surface area (Å²) in [6, 6.07) is 10.2. The molecular formula is C16H17NO6S2. The Morgan fingerprint density at radius 2 is 1.60 bits per heavy atom. The minimum atomic E-state index is -3.93. The van der Waals surface area contributed by atoms with E-state index in [-0.39, 0.29) is 15.4 Å². The van der Waals surface area contributed by atoms with Crippen molar-refractivity contribution in [1.82, 2.24) is 4.72 Å². The second-order valence-electron chi connectivity index (χ2n) is 5.52. The number of hydrogen-bond acceptors (Lipinski definition) is 5. The van der Waals surface area contributed by atoms with E-state index in [9.17, 15) is 21.6 Å². The molecule has 134 valence electrons. The van der Waals surface area contributed by atoms with Gasteiger partial charge in [0, 0.05) is 12.3 Å². The molecule has 0 bridgehead atoms. The lowest BCUT2D eigenvalue weighted by atomic mass is 10.1. The predicted molar refractivity (Wildman–Crippen MR) is 91.7 cm³/mol. The summed E-state index contributed by atoms with van der Waals surface area (Å²) in [5, 5.41) is 8.96. The van der Waals surface area contributed by atoms with E-state index in [0.29, 0.717) is 5.56 Å². The zero-order valence-electron chi connectivity index (χ0n) is 13.5. The molecule has 0 amide bonds. The number of sulfone groups is 1. The molecule has 2 rings (SSSR count). The molecule has 2 N–H and O–H groups in total. The fourth-order valence-electron chi connectivity index (χ4n) is 2.17. The van der Waals surface area contributed by atoms with E-state index in [1.807, 2.05) is 0 Å². The highest BCUT2D eigenvalue weighted by atomic mass is 32.2. The summed E-state index contributed by atoms with van der Waals surface area (Å²) >= 11 is 0. The average molecular weight is 383 g/mol. The average Bonchev–Trinajstić information content (AvgIpc) is 2.54. The molecule has 9 heteroatoms. The van der Waals surface area contributed by atoms with Crippen LogP contribution in [0.2, 0.25) is 0 Å². The van der Waals surface area contributed by atoms with Crippen LogP contribution in [0.4, 0.5) is 0 Å². The summed E-state index contributed by atoms with van der Waals surface area (Å²) in [5.41, 5.74) is 0.443. The van der Waals surface area contributed by atoms with Crippen molar-refractivity contribution in [2.24, 2.45) is 0 Å². The summed E-state index contributed by atoms with van der Waals surface area (Å²) in [5.74, 6) is -1.22. The first-order valence-electron chi connectivity index (χ1n) is 7.16. The summed E-state index contributed by atoms with van der Waals surface area (Å²) in [6.07, 6.45) is 1.09. The van der Waals surface area contributed by atoms with E-state index in [1.54, 1.807) is 6.92 Å².